The molecular weight excluding hydrogens is 372 g/mol. The van der Waals surface area contributed by atoms with Gasteiger partial charge in [-0.1, -0.05) is 6.07 Å². The molecule has 0 radical (unpaired) electrons. The minimum Gasteiger partial charge on any atom is -0.378 e. The number of nitrogens with one attached hydrogen (secondary N) is 1. The van der Waals surface area contributed by atoms with Crippen molar-refractivity contribution in [2.45, 2.75) is 18.5 Å². The van der Waals surface area contributed by atoms with Crippen LogP contribution in [0.25, 0.3) is 0 Å². The van der Waals surface area contributed by atoms with E-state index in [1.807, 2.05) is 19.2 Å². The number of pyridine rings is 1. The molecule has 2 aromatic rings. The monoisotopic (exact) mass is 393 g/mol. The number of carbonyl (C=O) groups is 1. The molecular formula is C19H21F2N3O2S. The van der Waals surface area contributed by atoms with Gasteiger partial charge in [-0.25, -0.2) is 13.8 Å². The van der Waals surface area contributed by atoms with Gasteiger partial charge in [0.1, 0.15) is 10.8 Å². The Morgan fingerprint density at radius 3 is 2.67 bits per heavy atom. The van der Waals surface area contributed by atoms with Crippen molar-refractivity contribution in [1.29, 1.82) is 0 Å². The number of hydrogen-bond acceptors (Lipinski definition) is 5. The normalized spacial score (nSPS) is 14.3. The smallest absolute Gasteiger partial charge is 0.254 e. The number of aryl methyl sites for hydroxylation is 1. The Kier molecular flexibility index (Phi) is 6.28. The standard InChI is InChI=1S/C19H21F2N3O2S/c1-12-9-16(24-5-7-26-8-6-24)23-19(27-2)17(12)18(25)22-11-13-3-4-14(20)15(21)10-13/h3-4,9-10H,5-8,11H2,1-2H3,(H,22,25). The van der Waals surface area contributed by atoms with Crippen LogP contribution >= 0.6 is 11.8 Å². The number of rotatable bonds is 5. The first-order chi connectivity index (χ1) is 13.0. The first-order valence-electron chi connectivity index (χ1n) is 8.60. The number of thioether (sulfide) groups is 1. The first-order valence-corrected chi connectivity index (χ1v) is 9.82. The average Bonchev–Trinajstić information content (AvgIpc) is 2.68. The van der Waals surface area contributed by atoms with Gasteiger partial charge in [0.2, 0.25) is 0 Å². The predicted octanol–water partition coefficient (Wildman–Crippen LogP) is 3.16. The fraction of sp³-hybridized carbons (Fsp3) is 0.368. The average molecular weight is 393 g/mol. The molecule has 0 atom stereocenters. The van der Waals surface area contributed by atoms with E-state index >= 15 is 0 Å². The number of morpholine rings is 1. The highest BCUT2D eigenvalue weighted by molar-refractivity contribution is 7.98. The second-order valence-electron chi connectivity index (χ2n) is 6.21. The van der Waals surface area contributed by atoms with Crippen LogP contribution in [0.4, 0.5) is 14.6 Å². The molecule has 1 aliphatic heterocycles. The summed E-state index contributed by atoms with van der Waals surface area (Å²) < 4.78 is 31.7. The third kappa shape index (κ3) is 4.56. The SMILES string of the molecule is CSc1nc(N2CCOCC2)cc(C)c1C(=O)NCc1ccc(F)c(F)c1. The van der Waals surface area contributed by atoms with Crippen molar-refractivity contribution in [1.82, 2.24) is 10.3 Å². The van der Waals surface area contributed by atoms with E-state index in [4.69, 9.17) is 4.74 Å². The van der Waals surface area contributed by atoms with Gasteiger partial charge in [0.25, 0.3) is 5.91 Å². The summed E-state index contributed by atoms with van der Waals surface area (Å²) in [5.41, 5.74) is 1.81. The molecule has 144 valence electrons. The molecule has 1 aromatic carbocycles. The summed E-state index contributed by atoms with van der Waals surface area (Å²) in [6, 6.07) is 5.48. The van der Waals surface area contributed by atoms with Crippen LogP contribution in [-0.4, -0.2) is 43.5 Å². The Bertz CT molecular complexity index is 842. The van der Waals surface area contributed by atoms with Gasteiger partial charge in [-0.05, 0) is 42.5 Å². The molecule has 3 rings (SSSR count). The Balaban J connectivity index is 1.77. The second-order valence-corrected chi connectivity index (χ2v) is 7.01. The maximum atomic E-state index is 13.3. The van der Waals surface area contributed by atoms with Crippen LogP contribution in [0.2, 0.25) is 0 Å². The summed E-state index contributed by atoms with van der Waals surface area (Å²) >= 11 is 1.40. The highest BCUT2D eigenvalue weighted by Gasteiger charge is 2.20. The third-order valence-electron chi connectivity index (χ3n) is 4.36. The zero-order valence-electron chi connectivity index (χ0n) is 15.2. The lowest BCUT2D eigenvalue weighted by molar-refractivity contribution is 0.0946. The first kappa shape index (κ1) is 19.6. The van der Waals surface area contributed by atoms with Gasteiger partial charge in [0, 0.05) is 19.6 Å². The Hall–Kier alpha value is -2.19. The van der Waals surface area contributed by atoms with E-state index in [2.05, 4.69) is 15.2 Å². The van der Waals surface area contributed by atoms with Crippen molar-refractivity contribution in [2.24, 2.45) is 0 Å². The van der Waals surface area contributed by atoms with E-state index < -0.39 is 11.6 Å². The van der Waals surface area contributed by atoms with Crippen molar-refractivity contribution in [3.63, 3.8) is 0 Å². The molecule has 5 nitrogen and oxygen atoms in total. The number of ether oxygens (including phenoxy) is 1. The number of halogens is 2. The van der Waals surface area contributed by atoms with E-state index in [0.29, 0.717) is 29.4 Å². The highest BCUT2D eigenvalue weighted by atomic mass is 32.2. The molecule has 1 aromatic heterocycles. The maximum Gasteiger partial charge on any atom is 0.254 e. The summed E-state index contributed by atoms with van der Waals surface area (Å²) in [5, 5.41) is 3.40. The Morgan fingerprint density at radius 2 is 2.00 bits per heavy atom. The van der Waals surface area contributed by atoms with Gasteiger partial charge >= 0.3 is 0 Å². The van der Waals surface area contributed by atoms with Crippen LogP contribution in [0.1, 0.15) is 21.5 Å². The fourth-order valence-corrected chi connectivity index (χ4v) is 3.57. The van der Waals surface area contributed by atoms with Crippen LogP contribution < -0.4 is 10.2 Å². The largest absolute Gasteiger partial charge is 0.378 e. The lowest BCUT2D eigenvalue weighted by atomic mass is 10.1. The van der Waals surface area contributed by atoms with Gasteiger partial charge < -0.3 is 15.0 Å². The summed E-state index contributed by atoms with van der Waals surface area (Å²) in [6.45, 7) is 4.83. The zero-order valence-corrected chi connectivity index (χ0v) is 16.0. The minimum atomic E-state index is -0.931. The molecule has 1 amide bonds. The van der Waals surface area contributed by atoms with E-state index in [1.54, 1.807) is 0 Å². The lowest BCUT2D eigenvalue weighted by Crippen LogP contribution is -2.37. The Labute approximate surface area is 161 Å². The zero-order chi connectivity index (χ0) is 19.4. The van der Waals surface area contributed by atoms with Crippen LogP contribution in [0.3, 0.4) is 0 Å². The van der Waals surface area contributed by atoms with Crippen molar-refractivity contribution >= 4 is 23.5 Å². The molecule has 0 unspecified atom stereocenters. The number of nitrogens with zero attached hydrogens (tertiary/aromatic N) is 2. The summed E-state index contributed by atoms with van der Waals surface area (Å²) in [7, 11) is 0. The van der Waals surface area contributed by atoms with Crippen LogP contribution in [-0.2, 0) is 11.3 Å². The molecule has 0 bridgehead atoms. The van der Waals surface area contributed by atoms with Crippen LogP contribution in [0.15, 0.2) is 29.3 Å². The van der Waals surface area contributed by atoms with E-state index in [-0.39, 0.29) is 12.5 Å². The van der Waals surface area contributed by atoms with Gasteiger partial charge in [0.05, 0.1) is 18.8 Å². The van der Waals surface area contributed by atoms with Crippen molar-refractivity contribution in [3.8, 4) is 0 Å². The van der Waals surface area contributed by atoms with Crippen molar-refractivity contribution < 1.29 is 18.3 Å². The molecule has 0 saturated carbocycles. The second kappa shape index (κ2) is 8.67. The van der Waals surface area contributed by atoms with Gasteiger partial charge in [0.15, 0.2) is 11.6 Å². The van der Waals surface area contributed by atoms with Crippen LogP contribution in [0.5, 0.6) is 0 Å². The third-order valence-corrected chi connectivity index (χ3v) is 5.04. The molecule has 1 saturated heterocycles. The number of carbonyl (C=O) groups excluding carboxylic acids is 1. The minimum absolute atomic E-state index is 0.106. The number of aromatic nitrogens is 1. The molecule has 1 fully saturated rings. The molecule has 0 spiro atoms. The molecule has 2 heterocycles. The summed E-state index contributed by atoms with van der Waals surface area (Å²) in [5.74, 6) is -1.30. The summed E-state index contributed by atoms with van der Waals surface area (Å²) in [4.78, 5) is 19.5. The van der Waals surface area contributed by atoms with Crippen LogP contribution in [0, 0.1) is 18.6 Å². The number of hydrogen-bond donors (Lipinski definition) is 1. The molecule has 8 heteroatoms. The van der Waals surface area contributed by atoms with Gasteiger partial charge in [-0.3, -0.25) is 4.79 Å². The fourth-order valence-electron chi connectivity index (χ4n) is 2.93. The van der Waals surface area contributed by atoms with Crippen molar-refractivity contribution in [3.05, 3.63) is 52.6 Å². The van der Waals surface area contributed by atoms with E-state index in [0.717, 1.165) is 36.6 Å². The molecule has 0 aliphatic carbocycles. The van der Waals surface area contributed by atoms with Gasteiger partial charge in [-0.2, -0.15) is 0 Å². The van der Waals surface area contributed by atoms with Crippen molar-refractivity contribution in [2.75, 3.05) is 37.5 Å². The molecule has 1 N–H and O–H groups in total. The lowest BCUT2D eigenvalue weighted by Gasteiger charge is -2.28. The highest BCUT2D eigenvalue weighted by Crippen LogP contribution is 2.26. The summed E-state index contributed by atoms with van der Waals surface area (Å²) in [6.07, 6.45) is 1.87. The van der Waals surface area contributed by atoms with E-state index in [9.17, 15) is 13.6 Å². The number of benzene rings is 1. The van der Waals surface area contributed by atoms with Gasteiger partial charge in [-0.15, -0.1) is 11.8 Å². The molecule has 27 heavy (non-hydrogen) atoms. The topological polar surface area (TPSA) is 54.5 Å². The number of anilines is 1. The maximum absolute atomic E-state index is 13.3. The predicted molar refractivity (Wildman–Crippen MR) is 101 cm³/mol. The molecule has 1 aliphatic rings. The number of amides is 1. The Morgan fingerprint density at radius 1 is 1.26 bits per heavy atom. The quantitative estimate of drug-likeness (QED) is 0.791. The van der Waals surface area contributed by atoms with E-state index in [1.165, 1.54) is 17.8 Å².